The Morgan fingerprint density at radius 1 is 1.17 bits per heavy atom. The first-order chi connectivity index (χ1) is 11.0. The first-order valence-electron chi connectivity index (χ1n) is 7.39. The van der Waals surface area contributed by atoms with Gasteiger partial charge in [0.05, 0.1) is 12.3 Å². The van der Waals surface area contributed by atoms with Crippen LogP contribution >= 0.6 is 0 Å². The minimum absolute atomic E-state index is 0.0345. The van der Waals surface area contributed by atoms with Crippen LogP contribution in [0.1, 0.15) is 47.2 Å². The van der Waals surface area contributed by atoms with E-state index in [4.69, 9.17) is 4.74 Å². The molecule has 0 unspecified atom stereocenters. The van der Waals surface area contributed by atoms with Gasteiger partial charge in [0.2, 0.25) is 0 Å². The molecule has 0 saturated heterocycles. The summed E-state index contributed by atoms with van der Waals surface area (Å²) < 4.78 is 5.94. The molecule has 0 aliphatic heterocycles. The number of benzene rings is 1. The molecule has 0 N–H and O–H groups in total. The van der Waals surface area contributed by atoms with Gasteiger partial charge in [0.1, 0.15) is 11.3 Å². The molecule has 0 aliphatic rings. The van der Waals surface area contributed by atoms with Gasteiger partial charge < -0.3 is 4.74 Å². The lowest BCUT2D eigenvalue weighted by atomic mass is 10.1. The Bertz CT molecular complexity index is 791. The number of Topliss-reactive ketones (excluding diaryl/α,β-unsaturated/α-hetero) is 1. The second-order valence-electron chi connectivity index (χ2n) is 4.96. The minimum atomic E-state index is -0.763. The Kier molecular flexibility index (Phi) is 5.05. The summed E-state index contributed by atoms with van der Waals surface area (Å²) in [5, 5.41) is 4.05. The van der Waals surface area contributed by atoms with Crippen molar-refractivity contribution in [3.05, 3.63) is 57.5 Å². The number of aryl methyl sites for hydroxylation is 1. The maximum Gasteiger partial charge on any atom is 0.343 e. The van der Waals surface area contributed by atoms with E-state index in [1.807, 2.05) is 19.1 Å². The van der Waals surface area contributed by atoms with Gasteiger partial charge in [0.15, 0.2) is 5.78 Å². The van der Waals surface area contributed by atoms with Crippen molar-refractivity contribution in [3.8, 4) is 5.69 Å². The molecule has 2 rings (SSSR count). The molecule has 0 fully saturated rings. The van der Waals surface area contributed by atoms with Crippen LogP contribution in [0.25, 0.3) is 5.69 Å². The van der Waals surface area contributed by atoms with Crippen LogP contribution in [0, 0.1) is 0 Å². The monoisotopic (exact) mass is 314 g/mol. The molecule has 23 heavy (non-hydrogen) atoms. The number of carbonyl (C=O) groups excluding carboxylic acids is 2. The maximum absolute atomic E-state index is 12.5. The predicted molar refractivity (Wildman–Crippen MR) is 85.2 cm³/mol. The van der Waals surface area contributed by atoms with Crippen LogP contribution in [-0.2, 0) is 11.2 Å². The van der Waals surface area contributed by atoms with Crippen LogP contribution in [0.5, 0.6) is 0 Å². The van der Waals surface area contributed by atoms with Crippen molar-refractivity contribution < 1.29 is 14.3 Å². The average molecular weight is 314 g/mol. The topological polar surface area (TPSA) is 78.3 Å². The third kappa shape index (κ3) is 3.53. The molecule has 0 spiro atoms. The van der Waals surface area contributed by atoms with E-state index >= 15 is 0 Å². The first kappa shape index (κ1) is 16.6. The van der Waals surface area contributed by atoms with E-state index in [-0.39, 0.29) is 23.6 Å². The summed E-state index contributed by atoms with van der Waals surface area (Å²) in [5.74, 6) is -1.10. The van der Waals surface area contributed by atoms with Gasteiger partial charge in [-0.3, -0.25) is 9.59 Å². The Labute approximate surface area is 133 Å². The Balaban J connectivity index is 2.63. The number of nitrogens with zero attached hydrogens (tertiary/aromatic N) is 2. The Morgan fingerprint density at radius 3 is 2.35 bits per heavy atom. The van der Waals surface area contributed by atoms with Crippen molar-refractivity contribution in [2.24, 2.45) is 0 Å². The zero-order chi connectivity index (χ0) is 17.0. The van der Waals surface area contributed by atoms with Gasteiger partial charge in [-0.15, -0.1) is 0 Å². The number of carbonyl (C=O) groups is 2. The summed E-state index contributed by atoms with van der Waals surface area (Å²) in [6.07, 6.45) is 0.865. The molecule has 0 amide bonds. The summed E-state index contributed by atoms with van der Waals surface area (Å²) >= 11 is 0. The largest absolute Gasteiger partial charge is 0.462 e. The summed E-state index contributed by atoms with van der Waals surface area (Å²) in [6.45, 7) is 5.13. The second kappa shape index (κ2) is 7.00. The van der Waals surface area contributed by atoms with Gasteiger partial charge in [-0.25, -0.2) is 4.79 Å². The molecule has 0 saturated carbocycles. The fourth-order valence-corrected chi connectivity index (χ4v) is 2.07. The first-order valence-corrected chi connectivity index (χ1v) is 7.39. The zero-order valence-corrected chi connectivity index (χ0v) is 13.3. The highest BCUT2D eigenvalue weighted by atomic mass is 16.5. The Hall–Kier alpha value is -2.76. The van der Waals surface area contributed by atoms with E-state index in [0.717, 1.165) is 16.7 Å². The van der Waals surface area contributed by atoms with Crippen molar-refractivity contribution in [2.45, 2.75) is 27.2 Å². The van der Waals surface area contributed by atoms with E-state index in [2.05, 4.69) is 5.10 Å². The van der Waals surface area contributed by atoms with E-state index in [9.17, 15) is 14.4 Å². The normalized spacial score (nSPS) is 10.4. The van der Waals surface area contributed by atoms with Crippen LogP contribution in [-0.4, -0.2) is 28.1 Å². The lowest BCUT2D eigenvalue weighted by Gasteiger charge is -2.09. The number of rotatable bonds is 5. The molecule has 0 aliphatic carbocycles. The number of hydrogen-bond donors (Lipinski definition) is 0. The van der Waals surface area contributed by atoms with Crippen molar-refractivity contribution in [2.75, 3.05) is 6.61 Å². The maximum atomic E-state index is 12.5. The molecule has 6 heteroatoms. The van der Waals surface area contributed by atoms with E-state index < -0.39 is 11.5 Å². The van der Waals surface area contributed by atoms with Gasteiger partial charge in [0, 0.05) is 6.92 Å². The molecule has 0 radical (unpaired) electrons. The summed E-state index contributed by atoms with van der Waals surface area (Å²) in [6, 6.07) is 8.37. The molecule has 0 atom stereocenters. The van der Waals surface area contributed by atoms with Crippen molar-refractivity contribution >= 4 is 11.8 Å². The van der Waals surface area contributed by atoms with Gasteiger partial charge in [-0.05, 0) is 37.1 Å². The van der Waals surface area contributed by atoms with Crippen LogP contribution < -0.4 is 5.56 Å². The molecule has 120 valence electrons. The van der Waals surface area contributed by atoms with Crippen molar-refractivity contribution in [3.63, 3.8) is 0 Å². The van der Waals surface area contributed by atoms with Crippen LogP contribution in [0.2, 0.25) is 0 Å². The van der Waals surface area contributed by atoms with E-state index in [1.165, 1.54) is 13.0 Å². The molecule has 0 bridgehead atoms. The molecule has 6 nitrogen and oxygen atoms in total. The number of ketones is 1. The van der Waals surface area contributed by atoms with Crippen LogP contribution in [0.4, 0.5) is 0 Å². The smallest absolute Gasteiger partial charge is 0.343 e. The van der Waals surface area contributed by atoms with E-state index in [0.29, 0.717) is 5.69 Å². The number of aromatic nitrogens is 2. The summed E-state index contributed by atoms with van der Waals surface area (Å²) in [4.78, 5) is 36.1. The second-order valence-corrected chi connectivity index (χ2v) is 4.96. The highest BCUT2D eigenvalue weighted by Gasteiger charge is 2.19. The molecule has 1 heterocycles. The van der Waals surface area contributed by atoms with Gasteiger partial charge in [-0.2, -0.15) is 9.78 Å². The number of ether oxygens (including phenoxy) is 1. The highest BCUT2D eigenvalue weighted by Crippen LogP contribution is 2.09. The number of esters is 1. The van der Waals surface area contributed by atoms with E-state index in [1.54, 1.807) is 19.1 Å². The average Bonchev–Trinajstić information content (AvgIpc) is 2.55. The van der Waals surface area contributed by atoms with Crippen LogP contribution in [0.15, 0.2) is 35.1 Å². The van der Waals surface area contributed by atoms with Crippen molar-refractivity contribution in [1.29, 1.82) is 0 Å². The lowest BCUT2D eigenvalue weighted by Crippen LogP contribution is -2.30. The summed E-state index contributed by atoms with van der Waals surface area (Å²) in [5.41, 5.74) is 0.813. The number of hydrogen-bond acceptors (Lipinski definition) is 5. The van der Waals surface area contributed by atoms with Crippen molar-refractivity contribution in [1.82, 2.24) is 9.78 Å². The van der Waals surface area contributed by atoms with Gasteiger partial charge in [0.25, 0.3) is 5.56 Å². The molecule has 1 aromatic carbocycles. The SMILES string of the molecule is CCOC(=O)c1cc(C(C)=O)nn(-c2ccc(CC)cc2)c1=O. The highest BCUT2D eigenvalue weighted by molar-refractivity contribution is 5.96. The van der Waals surface area contributed by atoms with Gasteiger partial charge >= 0.3 is 5.97 Å². The third-order valence-corrected chi connectivity index (χ3v) is 3.36. The molecule has 2 aromatic rings. The van der Waals surface area contributed by atoms with Gasteiger partial charge in [-0.1, -0.05) is 19.1 Å². The molecular formula is C17H18N2O4. The fraction of sp³-hybridized carbons (Fsp3) is 0.294. The summed E-state index contributed by atoms with van der Waals surface area (Å²) in [7, 11) is 0. The quantitative estimate of drug-likeness (QED) is 0.624. The van der Waals surface area contributed by atoms with Crippen LogP contribution in [0.3, 0.4) is 0 Å². The zero-order valence-electron chi connectivity index (χ0n) is 13.3. The molecular weight excluding hydrogens is 296 g/mol. The fourth-order valence-electron chi connectivity index (χ4n) is 2.07. The lowest BCUT2D eigenvalue weighted by molar-refractivity contribution is 0.0523. The third-order valence-electron chi connectivity index (χ3n) is 3.36. The molecule has 1 aromatic heterocycles. The Morgan fingerprint density at radius 2 is 1.83 bits per heavy atom. The standard InChI is InChI=1S/C17H18N2O4/c1-4-12-6-8-13(9-7-12)19-16(21)14(17(22)23-5-2)10-15(18-19)11(3)20/h6-10H,4-5H2,1-3H3. The minimum Gasteiger partial charge on any atom is -0.462 e. The predicted octanol–water partition coefficient (Wildman–Crippen LogP) is 2.17.